The maximum atomic E-state index is 10.6. The van der Waals surface area contributed by atoms with E-state index in [0.717, 1.165) is 15.6 Å². The van der Waals surface area contributed by atoms with Crippen LogP contribution in [-0.2, 0) is 5.41 Å². The second kappa shape index (κ2) is 6.20. The molecule has 0 aliphatic rings. The molecule has 1 unspecified atom stereocenters. The van der Waals surface area contributed by atoms with E-state index in [1.807, 2.05) is 30.3 Å². The van der Waals surface area contributed by atoms with Gasteiger partial charge >= 0.3 is 0 Å². The fourth-order valence-electron chi connectivity index (χ4n) is 2.26. The van der Waals surface area contributed by atoms with Crippen LogP contribution in [0, 0.1) is 0 Å². The highest BCUT2D eigenvalue weighted by atomic mass is 79.9. The Hall–Kier alpha value is -1.32. The van der Waals surface area contributed by atoms with Crippen LogP contribution in [0.3, 0.4) is 0 Å². The molecule has 1 N–H and O–H groups in total. The molecule has 21 heavy (non-hydrogen) atoms. The lowest BCUT2D eigenvalue weighted by atomic mass is 9.86. The largest absolute Gasteiger partial charge is 0.496 e. The van der Waals surface area contributed by atoms with E-state index in [4.69, 9.17) is 4.74 Å². The molecular formula is C18H21BrO2. The first-order chi connectivity index (χ1) is 9.82. The van der Waals surface area contributed by atoms with Gasteiger partial charge in [-0.15, -0.1) is 0 Å². The van der Waals surface area contributed by atoms with Crippen LogP contribution >= 0.6 is 15.9 Å². The Morgan fingerprint density at radius 2 is 1.67 bits per heavy atom. The van der Waals surface area contributed by atoms with Crippen LogP contribution in [0.15, 0.2) is 46.9 Å². The summed E-state index contributed by atoms with van der Waals surface area (Å²) in [6, 6.07) is 13.7. The minimum absolute atomic E-state index is 0.108. The molecule has 0 saturated heterocycles. The van der Waals surface area contributed by atoms with Crippen LogP contribution < -0.4 is 4.74 Å². The van der Waals surface area contributed by atoms with Crippen molar-refractivity contribution in [2.24, 2.45) is 0 Å². The average Bonchev–Trinajstić information content (AvgIpc) is 2.45. The summed E-state index contributed by atoms with van der Waals surface area (Å²) < 4.78 is 6.26. The highest BCUT2D eigenvalue weighted by molar-refractivity contribution is 9.10. The second-order valence-corrected chi connectivity index (χ2v) is 7.08. The smallest absolute Gasteiger partial charge is 0.125 e. The predicted molar refractivity (Wildman–Crippen MR) is 89.9 cm³/mol. The maximum Gasteiger partial charge on any atom is 0.125 e. The number of ether oxygens (including phenoxy) is 1. The topological polar surface area (TPSA) is 29.5 Å². The first-order valence-electron chi connectivity index (χ1n) is 6.95. The zero-order chi connectivity index (χ0) is 15.6. The van der Waals surface area contributed by atoms with Gasteiger partial charge in [-0.25, -0.2) is 0 Å². The lowest BCUT2D eigenvalue weighted by Gasteiger charge is -2.20. The van der Waals surface area contributed by atoms with Crippen molar-refractivity contribution in [1.82, 2.24) is 0 Å². The van der Waals surface area contributed by atoms with Gasteiger partial charge in [0.2, 0.25) is 0 Å². The van der Waals surface area contributed by atoms with Gasteiger partial charge in [-0.05, 0) is 34.7 Å². The van der Waals surface area contributed by atoms with Crippen LogP contribution in [-0.4, -0.2) is 12.2 Å². The van der Waals surface area contributed by atoms with Crippen LogP contribution in [0.1, 0.15) is 43.6 Å². The van der Waals surface area contributed by atoms with Crippen molar-refractivity contribution in [2.45, 2.75) is 32.3 Å². The van der Waals surface area contributed by atoms with E-state index in [1.165, 1.54) is 5.56 Å². The first-order valence-corrected chi connectivity index (χ1v) is 7.74. The van der Waals surface area contributed by atoms with Crippen molar-refractivity contribution in [3.63, 3.8) is 0 Å². The molecule has 0 spiro atoms. The Morgan fingerprint density at radius 3 is 2.19 bits per heavy atom. The summed E-state index contributed by atoms with van der Waals surface area (Å²) >= 11 is 3.44. The monoisotopic (exact) mass is 348 g/mol. The maximum absolute atomic E-state index is 10.6. The fourth-order valence-corrected chi connectivity index (χ4v) is 2.64. The van der Waals surface area contributed by atoms with Crippen molar-refractivity contribution >= 4 is 15.9 Å². The van der Waals surface area contributed by atoms with Gasteiger partial charge < -0.3 is 9.84 Å². The highest BCUT2D eigenvalue weighted by Crippen LogP contribution is 2.33. The molecule has 112 valence electrons. The lowest BCUT2D eigenvalue weighted by Crippen LogP contribution is -2.11. The number of rotatable bonds is 3. The Kier molecular flexibility index (Phi) is 4.74. The molecule has 2 aromatic carbocycles. The number of methoxy groups -OCH3 is 1. The molecular weight excluding hydrogens is 328 g/mol. The molecule has 0 aliphatic carbocycles. The fraction of sp³-hybridized carbons (Fsp3) is 0.333. The van der Waals surface area contributed by atoms with Gasteiger partial charge in [0, 0.05) is 10.0 Å². The third-order valence-corrected chi connectivity index (χ3v) is 4.07. The summed E-state index contributed by atoms with van der Waals surface area (Å²) in [4.78, 5) is 0. The van der Waals surface area contributed by atoms with Gasteiger partial charge in [-0.2, -0.15) is 0 Å². The molecule has 0 heterocycles. The first kappa shape index (κ1) is 16.1. The molecule has 0 radical (unpaired) electrons. The van der Waals surface area contributed by atoms with E-state index in [9.17, 15) is 5.11 Å². The van der Waals surface area contributed by atoms with Gasteiger partial charge in [-0.3, -0.25) is 0 Å². The molecule has 1 atom stereocenters. The van der Waals surface area contributed by atoms with Crippen molar-refractivity contribution in [1.29, 1.82) is 0 Å². The number of hydrogen-bond acceptors (Lipinski definition) is 2. The molecule has 0 aliphatic heterocycles. The summed E-state index contributed by atoms with van der Waals surface area (Å²) in [6.45, 7) is 6.53. The van der Waals surface area contributed by atoms with Crippen molar-refractivity contribution in [3.05, 3.63) is 63.6 Å². The van der Waals surface area contributed by atoms with Gasteiger partial charge in [0.25, 0.3) is 0 Å². The summed E-state index contributed by atoms with van der Waals surface area (Å²) in [7, 11) is 1.61. The van der Waals surface area contributed by atoms with E-state index >= 15 is 0 Å². The average molecular weight is 349 g/mol. The number of hydrogen-bond donors (Lipinski definition) is 1. The highest BCUT2D eigenvalue weighted by Gasteiger charge is 2.18. The minimum Gasteiger partial charge on any atom is -0.496 e. The Labute approximate surface area is 134 Å². The van der Waals surface area contributed by atoms with E-state index < -0.39 is 6.10 Å². The molecule has 3 heteroatoms. The number of aliphatic hydroxyl groups excluding tert-OH is 1. The number of halogens is 1. The zero-order valence-corrected chi connectivity index (χ0v) is 14.4. The molecule has 0 aromatic heterocycles. The zero-order valence-electron chi connectivity index (χ0n) is 12.9. The van der Waals surface area contributed by atoms with Gasteiger partial charge in [-0.1, -0.05) is 61.0 Å². The predicted octanol–water partition coefficient (Wildman–Crippen LogP) is 4.84. The second-order valence-electron chi connectivity index (χ2n) is 6.16. The standard InChI is InChI=1S/C18H21BrO2/c1-18(2,3)13-7-5-12(6-8-13)17(20)15-11-14(19)9-10-16(15)21-4/h5-11,17,20H,1-4H3. The Balaban J connectivity index is 2.36. The molecule has 2 nitrogen and oxygen atoms in total. The summed E-state index contributed by atoms with van der Waals surface area (Å²) in [6.07, 6.45) is -0.702. The van der Waals surface area contributed by atoms with E-state index in [0.29, 0.717) is 5.75 Å². The summed E-state index contributed by atoms with van der Waals surface area (Å²) in [5.41, 5.74) is 2.98. The van der Waals surface area contributed by atoms with Crippen molar-refractivity contribution < 1.29 is 9.84 Å². The van der Waals surface area contributed by atoms with Crippen molar-refractivity contribution in [3.8, 4) is 5.75 Å². The normalized spacial score (nSPS) is 13.0. The van der Waals surface area contributed by atoms with Crippen LogP contribution in [0.25, 0.3) is 0 Å². The summed E-state index contributed by atoms with van der Waals surface area (Å²) in [5.74, 6) is 0.686. The minimum atomic E-state index is -0.702. The molecule has 0 bridgehead atoms. The molecule has 2 aromatic rings. The van der Waals surface area contributed by atoms with Gasteiger partial charge in [0.05, 0.1) is 7.11 Å². The van der Waals surface area contributed by atoms with Crippen molar-refractivity contribution in [2.75, 3.05) is 7.11 Å². The van der Waals surface area contributed by atoms with E-state index in [1.54, 1.807) is 7.11 Å². The Morgan fingerprint density at radius 1 is 1.05 bits per heavy atom. The van der Waals surface area contributed by atoms with E-state index in [-0.39, 0.29) is 5.41 Å². The van der Waals surface area contributed by atoms with Crippen LogP contribution in [0.5, 0.6) is 5.75 Å². The van der Waals surface area contributed by atoms with Gasteiger partial charge in [0.1, 0.15) is 11.9 Å². The molecule has 2 rings (SSSR count). The number of benzene rings is 2. The third kappa shape index (κ3) is 3.66. The van der Waals surface area contributed by atoms with Crippen LogP contribution in [0.4, 0.5) is 0 Å². The van der Waals surface area contributed by atoms with Gasteiger partial charge in [0.15, 0.2) is 0 Å². The summed E-state index contributed by atoms with van der Waals surface area (Å²) in [5, 5.41) is 10.6. The number of aliphatic hydroxyl groups is 1. The van der Waals surface area contributed by atoms with E-state index in [2.05, 4.69) is 48.8 Å². The Bertz CT molecular complexity index is 612. The van der Waals surface area contributed by atoms with Crippen LogP contribution in [0.2, 0.25) is 0 Å². The quantitative estimate of drug-likeness (QED) is 0.859. The third-order valence-electron chi connectivity index (χ3n) is 3.58. The molecule has 0 amide bonds. The molecule has 0 fully saturated rings. The lowest BCUT2D eigenvalue weighted by molar-refractivity contribution is 0.214. The molecule has 0 saturated carbocycles. The SMILES string of the molecule is COc1ccc(Br)cc1C(O)c1ccc(C(C)(C)C)cc1.